The lowest BCUT2D eigenvalue weighted by Crippen LogP contribution is -2.52. The van der Waals surface area contributed by atoms with Crippen LogP contribution in [-0.4, -0.2) is 53.6 Å². The van der Waals surface area contributed by atoms with Crippen LogP contribution >= 0.6 is 11.8 Å². The summed E-state index contributed by atoms with van der Waals surface area (Å²) < 4.78 is 11.4. The molecule has 2 bridgehead atoms. The molecule has 3 rings (SSSR count). The molecule has 5 N–H and O–H groups in total. The quantitative estimate of drug-likeness (QED) is 0.377. The summed E-state index contributed by atoms with van der Waals surface area (Å²) in [6.45, 7) is 8.69. The Morgan fingerprint density at radius 3 is 2.79 bits per heavy atom. The van der Waals surface area contributed by atoms with Crippen molar-refractivity contribution in [1.82, 2.24) is 21.1 Å². The van der Waals surface area contributed by atoms with Gasteiger partial charge in [0.25, 0.3) is 11.8 Å². The van der Waals surface area contributed by atoms with Crippen molar-refractivity contribution in [3.05, 3.63) is 5.76 Å². The number of hydrogen-bond acceptors (Lipinski definition) is 7. The zero-order chi connectivity index (χ0) is 24.0. The van der Waals surface area contributed by atoms with E-state index in [4.69, 9.17) is 15.0 Å². The zero-order valence-corrected chi connectivity index (χ0v) is 21.1. The van der Waals surface area contributed by atoms with Crippen LogP contribution in [0.4, 0.5) is 4.79 Å². The number of nitrogens with two attached hydrogens (primary N) is 1. The second-order valence-electron chi connectivity index (χ2n) is 10.1. The maximum absolute atomic E-state index is 13.1. The smallest absolute Gasteiger partial charge is 0.315 e. The van der Waals surface area contributed by atoms with Gasteiger partial charge in [-0.15, -0.1) is 11.8 Å². The number of fused-ring (bicyclic) bond motifs is 2. The maximum Gasteiger partial charge on any atom is 0.315 e. The molecule has 3 amide bonds. The van der Waals surface area contributed by atoms with Gasteiger partial charge in [-0.1, -0.05) is 26.7 Å². The Morgan fingerprint density at radius 1 is 1.27 bits per heavy atom. The molecule has 3 unspecified atom stereocenters. The number of aromatic nitrogens is 1. The summed E-state index contributed by atoms with van der Waals surface area (Å²) in [7, 11) is 0. The fourth-order valence-corrected chi connectivity index (χ4v) is 5.61. The van der Waals surface area contributed by atoms with Gasteiger partial charge in [0.1, 0.15) is 11.5 Å². The molecule has 0 saturated heterocycles. The van der Waals surface area contributed by atoms with E-state index in [1.54, 1.807) is 0 Å². The number of hydrogen-bond donors (Lipinski definition) is 4. The van der Waals surface area contributed by atoms with Crippen LogP contribution in [0.1, 0.15) is 76.8 Å². The lowest BCUT2D eigenvalue weighted by atomic mass is 9.70. The van der Waals surface area contributed by atoms with Gasteiger partial charge in [-0.25, -0.2) is 4.79 Å². The van der Waals surface area contributed by atoms with Crippen molar-refractivity contribution in [2.45, 2.75) is 87.9 Å². The molecule has 2 fully saturated rings. The minimum absolute atomic E-state index is 0.161. The molecular weight excluding hydrogens is 442 g/mol. The number of ether oxygens (including phenoxy) is 1. The van der Waals surface area contributed by atoms with Gasteiger partial charge < -0.3 is 30.9 Å². The van der Waals surface area contributed by atoms with Crippen LogP contribution in [0.15, 0.2) is 9.42 Å². The predicted octanol–water partition coefficient (Wildman–Crippen LogP) is 3.29. The number of carbonyl (C=O) groups is 2. The molecule has 0 radical (unpaired) electrons. The Hall–Kier alpha value is -1.94. The normalized spacial score (nSPS) is 22.7. The van der Waals surface area contributed by atoms with E-state index in [9.17, 15) is 9.59 Å². The van der Waals surface area contributed by atoms with Crippen LogP contribution in [-0.2, 0) is 0 Å². The van der Waals surface area contributed by atoms with Gasteiger partial charge in [0.2, 0.25) is 5.76 Å². The number of rotatable bonds is 10. The van der Waals surface area contributed by atoms with Gasteiger partial charge in [-0.3, -0.25) is 4.79 Å². The van der Waals surface area contributed by atoms with E-state index < -0.39 is 5.54 Å². The Morgan fingerprint density at radius 2 is 2.06 bits per heavy atom. The third-order valence-corrected chi connectivity index (χ3v) is 7.29. The van der Waals surface area contributed by atoms with Crippen LogP contribution in [0.2, 0.25) is 0 Å². The topological polar surface area (TPSA) is 132 Å². The van der Waals surface area contributed by atoms with Gasteiger partial charge in [0, 0.05) is 24.4 Å². The van der Waals surface area contributed by atoms with Gasteiger partial charge in [0.15, 0.2) is 0 Å². The molecule has 0 aromatic carbocycles. The van der Waals surface area contributed by atoms with E-state index in [0.717, 1.165) is 12.3 Å². The van der Waals surface area contributed by atoms with Gasteiger partial charge >= 0.3 is 6.03 Å². The maximum atomic E-state index is 13.1. The van der Waals surface area contributed by atoms with E-state index in [-0.39, 0.29) is 41.5 Å². The lowest BCUT2D eigenvalue weighted by Gasteiger charge is -2.40. The second-order valence-corrected chi connectivity index (χ2v) is 11.7. The molecule has 0 aliphatic heterocycles. The minimum atomic E-state index is -0.667. The Kier molecular flexibility index (Phi) is 8.92. The summed E-state index contributed by atoms with van der Waals surface area (Å²) >= 11 is 1.49. The molecular formula is C23H39N5O4S. The van der Waals surface area contributed by atoms with E-state index in [1.807, 2.05) is 27.7 Å². The zero-order valence-electron chi connectivity index (χ0n) is 20.2. The second kappa shape index (κ2) is 11.5. The van der Waals surface area contributed by atoms with Gasteiger partial charge in [-0.2, -0.15) is 0 Å². The van der Waals surface area contributed by atoms with Gasteiger partial charge in [0.05, 0.1) is 5.54 Å². The molecule has 186 valence electrons. The highest BCUT2D eigenvalue weighted by Crippen LogP contribution is 2.40. The number of nitrogens with one attached hydrogen (secondary N) is 3. The largest absolute Gasteiger partial charge is 0.472 e. The van der Waals surface area contributed by atoms with E-state index in [0.29, 0.717) is 23.9 Å². The molecule has 1 aromatic rings. The van der Waals surface area contributed by atoms with Crippen LogP contribution < -0.4 is 26.4 Å². The van der Waals surface area contributed by atoms with Crippen molar-refractivity contribution >= 4 is 23.7 Å². The van der Waals surface area contributed by atoms with Crippen LogP contribution in [0.3, 0.4) is 0 Å². The third-order valence-electron chi connectivity index (χ3n) is 6.23. The van der Waals surface area contributed by atoms with E-state index >= 15 is 0 Å². The fraction of sp³-hybridized carbons (Fsp3) is 0.783. The van der Waals surface area contributed by atoms with Crippen molar-refractivity contribution in [2.75, 3.05) is 19.7 Å². The van der Waals surface area contributed by atoms with Crippen molar-refractivity contribution in [1.29, 1.82) is 0 Å². The molecule has 2 saturated carbocycles. The van der Waals surface area contributed by atoms with Crippen molar-refractivity contribution in [3.63, 3.8) is 0 Å². The Balaban J connectivity index is 1.65. The van der Waals surface area contributed by atoms with Crippen LogP contribution in [0, 0.1) is 11.8 Å². The standard InChI is InChI=1S/C23H39N5O4S/c1-14(2)33-19-18(20(29)26-17-9-8-15-6-5-7-16(17)12-15)32-28-21(19)31-13-23(3,4)27-22(30)25-11-10-24/h14-17H,5-13,24H2,1-4H3,(H,26,29)(H2,25,27,30). The summed E-state index contributed by atoms with van der Waals surface area (Å²) in [5.41, 5.74) is 4.75. The molecule has 10 heteroatoms. The third kappa shape index (κ3) is 7.27. The van der Waals surface area contributed by atoms with Crippen molar-refractivity contribution in [3.8, 4) is 5.88 Å². The first-order valence-electron chi connectivity index (χ1n) is 12.0. The van der Waals surface area contributed by atoms with Crippen molar-refractivity contribution < 1.29 is 18.8 Å². The summed E-state index contributed by atoms with van der Waals surface area (Å²) in [6.07, 6.45) is 7.18. The SMILES string of the molecule is CC(C)Sc1c(OCC(C)(C)NC(=O)NCCN)noc1C(=O)NC1CCC2CCCC1C2. The number of amides is 3. The molecule has 3 atom stereocenters. The summed E-state index contributed by atoms with van der Waals surface area (Å²) in [5.74, 6) is 1.63. The molecule has 9 nitrogen and oxygen atoms in total. The summed E-state index contributed by atoms with van der Waals surface area (Å²) in [6, 6.07) is -0.126. The minimum Gasteiger partial charge on any atom is -0.472 e. The molecule has 0 spiro atoms. The summed E-state index contributed by atoms with van der Waals surface area (Å²) in [5, 5.41) is 13.0. The highest BCUT2D eigenvalue weighted by Gasteiger charge is 2.36. The number of carbonyl (C=O) groups excluding carboxylic acids is 2. The van der Waals surface area contributed by atoms with Crippen molar-refractivity contribution in [2.24, 2.45) is 17.6 Å². The summed E-state index contributed by atoms with van der Waals surface area (Å²) in [4.78, 5) is 25.7. The molecule has 2 aliphatic carbocycles. The molecule has 2 aliphatic rings. The molecule has 33 heavy (non-hydrogen) atoms. The number of thioether (sulfide) groups is 1. The lowest BCUT2D eigenvalue weighted by molar-refractivity contribution is 0.0811. The first-order chi connectivity index (χ1) is 15.7. The average Bonchev–Trinajstić information content (AvgIpc) is 3.15. The Bertz CT molecular complexity index is 813. The average molecular weight is 482 g/mol. The monoisotopic (exact) mass is 481 g/mol. The van der Waals surface area contributed by atoms with Gasteiger partial charge in [-0.05, 0) is 56.5 Å². The highest BCUT2D eigenvalue weighted by atomic mass is 32.2. The predicted molar refractivity (Wildman–Crippen MR) is 129 cm³/mol. The van der Waals surface area contributed by atoms with Crippen LogP contribution in [0.5, 0.6) is 5.88 Å². The first kappa shape index (κ1) is 25.7. The molecule has 1 aromatic heterocycles. The number of urea groups is 1. The first-order valence-corrected chi connectivity index (χ1v) is 12.9. The van der Waals surface area contributed by atoms with E-state index in [1.165, 1.54) is 43.9 Å². The van der Waals surface area contributed by atoms with E-state index in [2.05, 4.69) is 21.1 Å². The van der Waals surface area contributed by atoms with Crippen LogP contribution in [0.25, 0.3) is 0 Å². The highest BCUT2D eigenvalue weighted by molar-refractivity contribution is 8.00. The molecule has 1 heterocycles. The fourth-order valence-electron chi connectivity index (χ4n) is 4.70. The Labute approximate surface area is 200 Å². The number of nitrogens with zero attached hydrogens (tertiary/aromatic N) is 1.